The first-order valence-electron chi connectivity index (χ1n) is 7.97. The van der Waals surface area contributed by atoms with Crippen LogP contribution in [0.1, 0.15) is 12.5 Å². The first kappa shape index (κ1) is 15.9. The molecule has 0 aliphatic heterocycles. The van der Waals surface area contributed by atoms with Crippen LogP contribution in [0, 0.1) is 0 Å². The Morgan fingerprint density at radius 1 is 1.08 bits per heavy atom. The van der Waals surface area contributed by atoms with Gasteiger partial charge in [0.05, 0.1) is 18.5 Å². The number of rotatable bonds is 4. The molecule has 4 nitrogen and oxygen atoms in total. The molecule has 3 aromatic carbocycles. The zero-order valence-electron chi connectivity index (χ0n) is 13.9. The second kappa shape index (κ2) is 7.04. The summed E-state index contributed by atoms with van der Waals surface area (Å²) < 4.78 is 5.39. The number of aliphatic imine (C=N–C) groups is 1. The Hall–Kier alpha value is -3.01. The van der Waals surface area contributed by atoms with Gasteiger partial charge in [-0.25, -0.2) is 4.99 Å². The predicted molar refractivity (Wildman–Crippen MR) is 101 cm³/mol. The van der Waals surface area contributed by atoms with Crippen molar-refractivity contribution >= 4 is 28.1 Å². The van der Waals surface area contributed by atoms with Crippen molar-refractivity contribution in [3.05, 3.63) is 66.2 Å². The zero-order valence-corrected chi connectivity index (χ0v) is 13.9. The quantitative estimate of drug-likeness (QED) is 0.551. The summed E-state index contributed by atoms with van der Waals surface area (Å²) >= 11 is 0. The molecule has 0 fully saturated rings. The monoisotopic (exact) mass is 319 g/mol. The van der Waals surface area contributed by atoms with E-state index in [1.54, 1.807) is 7.11 Å². The van der Waals surface area contributed by atoms with Crippen LogP contribution < -0.4 is 15.8 Å². The second-order valence-corrected chi connectivity index (χ2v) is 5.51. The highest BCUT2D eigenvalue weighted by Crippen LogP contribution is 2.28. The van der Waals surface area contributed by atoms with Gasteiger partial charge in [-0.2, -0.15) is 0 Å². The summed E-state index contributed by atoms with van der Waals surface area (Å²) in [6, 6.07) is 20.1. The first-order chi connectivity index (χ1) is 11.7. The molecule has 24 heavy (non-hydrogen) atoms. The maximum Gasteiger partial charge on any atom is 0.198 e. The minimum absolute atomic E-state index is 0.331. The van der Waals surface area contributed by atoms with Crippen molar-refractivity contribution in [3.63, 3.8) is 0 Å². The molecule has 3 aromatic rings. The molecule has 0 aromatic heterocycles. The van der Waals surface area contributed by atoms with Crippen molar-refractivity contribution in [3.8, 4) is 5.75 Å². The van der Waals surface area contributed by atoms with E-state index in [0.29, 0.717) is 5.96 Å². The standard InChI is InChI=1S/C20H21N3O/c1-3-14-11-12-19(24-2)18(13-14)23-20(21)22-17-10-6-8-15-7-4-5-9-16(15)17/h4-13H,3H2,1-2H3,(H3,21,22,23). The van der Waals surface area contributed by atoms with Crippen LogP contribution in [0.5, 0.6) is 5.75 Å². The molecule has 0 aliphatic rings. The van der Waals surface area contributed by atoms with E-state index in [1.165, 1.54) is 5.56 Å². The van der Waals surface area contributed by atoms with Crippen LogP contribution >= 0.6 is 0 Å². The summed E-state index contributed by atoms with van der Waals surface area (Å²) in [6.07, 6.45) is 0.943. The van der Waals surface area contributed by atoms with Gasteiger partial charge in [0.15, 0.2) is 5.96 Å². The summed E-state index contributed by atoms with van der Waals surface area (Å²) in [6.45, 7) is 2.11. The molecule has 0 amide bonds. The van der Waals surface area contributed by atoms with E-state index in [-0.39, 0.29) is 0 Å². The topological polar surface area (TPSA) is 59.6 Å². The first-order valence-corrected chi connectivity index (χ1v) is 7.97. The minimum Gasteiger partial charge on any atom is -0.495 e. The molecule has 3 rings (SSSR count). The van der Waals surface area contributed by atoms with E-state index in [4.69, 9.17) is 10.5 Å². The van der Waals surface area contributed by atoms with Crippen molar-refractivity contribution in [1.29, 1.82) is 0 Å². The number of nitrogens with two attached hydrogens (primary N) is 1. The summed E-state index contributed by atoms with van der Waals surface area (Å²) in [5, 5.41) is 5.36. The van der Waals surface area contributed by atoms with E-state index in [1.807, 2.05) is 48.5 Å². The maximum atomic E-state index is 6.13. The third kappa shape index (κ3) is 3.33. The van der Waals surface area contributed by atoms with Crippen LogP contribution in [-0.2, 0) is 6.42 Å². The molecular weight excluding hydrogens is 298 g/mol. The fraction of sp³-hybridized carbons (Fsp3) is 0.150. The molecule has 0 spiro atoms. The average molecular weight is 319 g/mol. The van der Waals surface area contributed by atoms with Crippen molar-refractivity contribution in [2.75, 3.05) is 12.4 Å². The summed E-state index contributed by atoms with van der Waals surface area (Å²) in [4.78, 5) is 4.54. The van der Waals surface area contributed by atoms with E-state index in [0.717, 1.165) is 34.3 Å². The van der Waals surface area contributed by atoms with E-state index < -0.39 is 0 Å². The van der Waals surface area contributed by atoms with Crippen molar-refractivity contribution in [2.24, 2.45) is 10.7 Å². The molecule has 3 N–H and O–H groups in total. The van der Waals surface area contributed by atoms with Crippen molar-refractivity contribution < 1.29 is 4.74 Å². The number of aryl methyl sites for hydroxylation is 1. The van der Waals surface area contributed by atoms with E-state index >= 15 is 0 Å². The van der Waals surface area contributed by atoms with Crippen LogP contribution in [0.4, 0.5) is 11.4 Å². The minimum atomic E-state index is 0.331. The van der Waals surface area contributed by atoms with Gasteiger partial charge in [0.25, 0.3) is 0 Å². The fourth-order valence-electron chi connectivity index (χ4n) is 2.67. The number of hydrogen-bond donors (Lipinski definition) is 2. The van der Waals surface area contributed by atoms with Crippen molar-refractivity contribution in [1.82, 2.24) is 0 Å². The molecule has 0 bridgehead atoms. The number of nitrogens with one attached hydrogen (secondary N) is 1. The van der Waals surface area contributed by atoms with Gasteiger partial charge in [-0.05, 0) is 35.6 Å². The number of anilines is 1. The van der Waals surface area contributed by atoms with Crippen LogP contribution in [-0.4, -0.2) is 13.1 Å². The van der Waals surface area contributed by atoms with Gasteiger partial charge in [-0.15, -0.1) is 0 Å². The van der Waals surface area contributed by atoms with Crippen molar-refractivity contribution in [2.45, 2.75) is 13.3 Å². The number of nitrogens with zero attached hydrogens (tertiary/aromatic N) is 1. The lowest BCUT2D eigenvalue weighted by molar-refractivity contribution is 0.417. The molecule has 0 unspecified atom stereocenters. The fourth-order valence-corrected chi connectivity index (χ4v) is 2.67. The number of ether oxygens (including phenoxy) is 1. The molecule has 0 heterocycles. The highest BCUT2D eigenvalue weighted by molar-refractivity contribution is 6.00. The number of benzene rings is 3. The largest absolute Gasteiger partial charge is 0.495 e. The van der Waals surface area contributed by atoms with Gasteiger partial charge < -0.3 is 15.8 Å². The number of fused-ring (bicyclic) bond motifs is 1. The van der Waals surface area contributed by atoms with Gasteiger partial charge in [0.2, 0.25) is 0 Å². The zero-order chi connectivity index (χ0) is 16.9. The molecular formula is C20H21N3O. The maximum absolute atomic E-state index is 6.13. The summed E-state index contributed by atoms with van der Waals surface area (Å²) in [7, 11) is 1.64. The highest BCUT2D eigenvalue weighted by Gasteiger charge is 2.06. The molecule has 0 aliphatic carbocycles. The van der Waals surface area contributed by atoms with Crippen LogP contribution in [0.25, 0.3) is 10.8 Å². The second-order valence-electron chi connectivity index (χ2n) is 5.51. The lowest BCUT2D eigenvalue weighted by atomic mass is 10.1. The van der Waals surface area contributed by atoms with Gasteiger partial charge in [0.1, 0.15) is 5.75 Å². The molecule has 122 valence electrons. The average Bonchev–Trinajstić information content (AvgIpc) is 2.62. The van der Waals surface area contributed by atoms with Crippen LogP contribution in [0.3, 0.4) is 0 Å². The molecule has 0 saturated heterocycles. The number of methoxy groups -OCH3 is 1. The smallest absolute Gasteiger partial charge is 0.198 e. The predicted octanol–water partition coefficient (Wildman–Crippen LogP) is 4.47. The van der Waals surface area contributed by atoms with E-state index in [9.17, 15) is 0 Å². The van der Waals surface area contributed by atoms with Gasteiger partial charge in [-0.1, -0.05) is 49.4 Å². The molecule has 0 saturated carbocycles. The Bertz CT molecular complexity index is 882. The van der Waals surface area contributed by atoms with E-state index in [2.05, 4.69) is 29.4 Å². The summed E-state index contributed by atoms with van der Waals surface area (Å²) in [5.41, 5.74) is 8.99. The molecule has 0 radical (unpaired) electrons. The summed E-state index contributed by atoms with van der Waals surface area (Å²) in [5.74, 6) is 1.07. The number of guanidine groups is 1. The Morgan fingerprint density at radius 2 is 1.88 bits per heavy atom. The van der Waals surface area contributed by atoms with Gasteiger partial charge in [-0.3, -0.25) is 0 Å². The Balaban J connectivity index is 1.94. The number of hydrogen-bond acceptors (Lipinski definition) is 2. The molecule has 0 atom stereocenters. The SMILES string of the molecule is CCc1ccc(OC)c(NC(N)=Nc2cccc3ccccc23)c1. The lowest BCUT2D eigenvalue weighted by Crippen LogP contribution is -2.22. The molecule has 4 heteroatoms. The third-order valence-corrected chi connectivity index (χ3v) is 3.94. The highest BCUT2D eigenvalue weighted by atomic mass is 16.5. The van der Waals surface area contributed by atoms with Gasteiger partial charge in [0, 0.05) is 5.39 Å². The van der Waals surface area contributed by atoms with Crippen LogP contribution in [0.2, 0.25) is 0 Å². The third-order valence-electron chi connectivity index (χ3n) is 3.94. The Kier molecular flexibility index (Phi) is 4.66. The lowest BCUT2D eigenvalue weighted by Gasteiger charge is -2.12. The van der Waals surface area contributed by atoms with Crippen LogP contribution in [0.15, 0.2) is 65.7 Å². The Labute approximate surface area is 142 Å². The Morgan fingerprint density at radius 3 is 2.67 bits per heavy atom. The van der Waals surface area contributed by atoms with Gasteiger partial charge >= 0.3 is 0 Å². The normalized spacial score (nSPS) is 11.5.